The Bertz CT molecular complexity index is 281. The van der Waals surface area contributed by atoms with Gasteiger partial charge in [-0.3, -0.25) is 0 Å². The molecule has 0 atom stereocenters. The van der Waals surface area contributed by atoms with Gasteiger partial charge in [0.1, 0.15) is 4.60 Å². The van der Waals surface area contributed by atoms with Gasteiger partial charge < -0.3 is 0 Å². The summed E-state index contributed by atoms with van der Waals surface area (Å²) in [5.74, 6) is 0.627. The lowest BCUT2D eigenvalue weighted by molar-refractivity contribution is 0.544. The second-order valence-corrected chi connectivity index (χ2v) is 4.75. The van der Waals surface area contributed by atoms with E-state index in [0.717, 1.165) is 29.7 Å². The quantitative estimate of drug-likeness (QED) is 0.814. The first-order valence-corrected chi connectivity index (χ1v) is 6.02. The van der Waals surface area contributed by atoms with E-state index in [2.05, 4.69) is 47.0 Å². The van der Waals surface area contributed by atoms with Gasteiger partial charge in [0.15, 0.2) is 0 Å². The third kappa shape index (κ3) is 3.08. The van der Waals surface area contributed by atoms with Gasteiger partial charge in [0.05, 0.1) is 5.69 Å². The van der Waals surface area contributed by atoms with Gasteiger partial charge >= 0.3 is 0 Å². The number of nitrogens with zero attached hydrogens (tertiary/aromatic N) is 3. The maximum atomic E-state index is 4.17. The van der Waals surface area contributed by atoms with Crippen LogP contribution in [0.3, 0.4) is 0 Å². The van der Waals surface area contributed by atoms with Crippen LogP contribution in [0.1, 0.15) is 39.3 Å². The average Bonchev–Trinajstić information content (AvgIpc) is 2.45. The van der Waals surface area contributed by atoms with E-state index in [4.69, 9.17) is 0 Å². The van der Waals surface area contributed by atoms with E-state index in [9.17, 15) is 0 Å². The van der Waals surface area contributed by atoms with Crippen molar-refractivity contribution in [3.8, 4) is 0 Å². The molecule has 1 aromatic heterocycles. The third-order valence-electron chi connectivity index (χ3n) is 2.06. The number of hydrogen-bond donors (Lipinski definition) is 0. The van der Waals surface area contributed by atoms with E-state index in [-0.39, 0.29) is 0 Å². The summed E-state index contributed by atoms with van der Waals surface area (Å²) < 4.78 is 3.00. The summed E-state index contributed by atoms with van der Waals surface area (Å²) >= 11 is 3.55. The van der Waals surface area contributed by atoms with Gasteiger partial charge in [0.2, 0.25) is 0 Å². The molecule has 0 bridgehead atoms. The van der Waals surface area contributed by atoms with Crippen molar-refractivity contribution in [2.75, 3.05) is 0 Å². The van der Waals surface area contributed by atoms with Crippen molar-refractivity contribution in [1.29, 1.82) is 0 Å². The number of aryl methyl sites for hydroxylation is 1. The summed E-state index contributed by atoms with van der Waals surface area (Å²) in [5.41, 5.74) is 1.08. The van der Waals surface area contributed by atoms with Crippen LogP contribution in [-0.2, 0) is 13.0 Å². The summed E-state index contributed by atoms with van der Waals surface area (Å²) in [6.45, 7) is 7.52. The van der Waals surface area contributed by atoms with Crippen molar-refractivity contribution in [2.45, 2.75) is 46.6 Å². The zero-order valence-corrected chi connectivity index (χ0v) is 10.7. The molecule has 1 heterocycles. The molecular formula is C10H18BrN3. The van der Waals surface area contributed by atoms with Gasteiger partial charge in [-0.25, -0.2) is 4.68 Å². The average molecular weight is 260 g/mol. The normalized spacial score (nSPS) is 11.2. The minimum absolute atomic E-state index is 0.627. The number of rotatable bonds is 5. The van der Waals surface area contributed by atoms with Crippen LogP contribution in [0.25, 0.3) is 0 Å². The molecule has 0 amide bonds. The largest absolute Gasteiger partial charge is 0.238 e. The minimum atomic E-state index is 0.627. The smallest absolute Gasteiger partial charge is 0.127 e. The molecule has 1 aromatic rings. The zero-order chi connectivity index (χ0) is 10.6. The van der Waals surface area contributed by atoms with Gasteiger partial charge in [-0.15, -0.1) is 5.10 Å². The van der Waals surface area contributed by atoms with Crippen molar-refractivity contribution in [3.63, 3.8) is 0 Å². The molecule has 0 saturated heterocycles. The highest BCUT2D eigenvalue weighted by atomic mass is 79.9. The number of aromatic nitrogens is 3. The Balaban J connectivity index is 2.65. The van der Waals surface area contributed by atoms with Crippen LogP contribution in [0.5, 0.6) is 0 Å². The first kappa shape index (κ1) is 11.7. The van der Waals surface area contributed by atoms with Crippen molar-refractivity contribution >= 4 is 15.9 Å². The lowest BCUT2D eigenvalue weighted by atomic mass is 10.1. The molecule has 0 radical (unpaired) electrons. The Kier molecular flexibility index (Phi) is 4.58. The molecule has 0 aliphatic carbocycles. The summed E-state index contributed by atoms with van der Waals surface area (Å²) in [4.78, 5) is 0. The van der Waals surface area contributed by atoms with Gasteiger partial charge in [0, 0.05) is 6.54 Å². The molecule has 0 saturated carbocycles. The van der Waals surface area contributed by atoms with Gasteiger partial charge in [-0.2, -0.15) is 0 Å². The number of unbranched alkanes of at least 4 members (excludes halogenated alkanes) is 1. The fourth-order valence-corrected chi connectivity index (χ4v) is 1.79. The van der Waals surface area contributed by atoms with E-state index in [0.29, 0.717) is 5.92 Å². The highest BCUT2D eigenvalue weighted by Gasteiger charge is 2.10. The molecule has 0 unspecified atom stereocenters. The predicted molar refractivity (Wildman–Crippen MR) is 61.2 cm³/mol. The Morgan fingerprint density at radius 3 is 2.71 bits per heavy atom. The summed E-state index contributed by atoms with van der Waals surface area (Å²) in [7, 11) is 0. The number of hydrogen-bond acceptors (Lipinski definition) is 2. The molecule has 0 fully saturated rings. The van der Waals surface area contributed by atoms with Crippen LogP contribution in [0.15, 0.2) is 4.60 Å². The SMILES string of the molecule is CCCCn1nnc(CC(C)C)c1Br. The van der Waals surface area contributed by atoms with Crippen LogP contribution in [0.2, 0.25) is 0 Å². The lowest BCUT2D eigenvalue weighted by Gasteiger charge is -2.02. The van der Waals surface area contributed by atoms with Crippen LogP contribution < -0.4 is 0 Å². The molecular weight excluding hydrogens is 242 g/mol. The lowest BCUT2D eigenvalue weighted by Crippen LogP contribution is -2.00. The molecule has 0 aliphatic heterocycles. The van der Waals surface area contributed by atoms with E-state index in [1.165, 1.54) is 6.42 Å². The van der Waals surface area contributed by atoms with E-state index >= 15 is 0 Å². The highest BCUT2D eigenvalue weighted by Crippen LogP contribution is 2.17. The molecule has 80 valence electrons. The van der Waals surface area contributed by atoms with Crippen LogP contribution in [-0.4, -0.2) is 15.0 Å². The Hall–Kier alpha value is -0.380. The van der Waals surface area contributed by atoms with E-state index in [1.54, 1.807) is 0 Å². The van der Waals surface area contributed by atoms with Gasteiger partial charge in [0.25, 0.3) is 0 Å². The molecule has 3 nitrogen and oxygen atoms in total. The van der Waals surface area contributed by atoms with Gasteiger partial charge in [-0.05, 0) is 34.7 Å². The topological polar surface area (TPSA) is 30.7 Å². The van der Waals surface area contributed by atoms with Crippen LogP contribution in [0, 0.1) is 5.92 Å². The Morgan fingerprint density at radius 1 is 1.43 bits per heavy atom. The highest BCUT2D eigenvalue weighted by molar-refractivity contribution is 9.10. The van der Waals surface area contributed by atoms with Crippen molar-refractivity contribution in [1.82, 2.24) is 15.0 Å². The summed E-state index contributed by atoms with van der Waals surface area (Å²) in [5, 5.41) is 8.30. The Morgan fingerprint density at radius 2 is 2.14 bits per heavy atom. The van der Waals surface area contributed by atoms with Crippen molar-refractivity contribution < 1.29 is 0 Å². The molecule has 14 heavy (non-hydrogen) atoms. The first-order chi connectivity index (χ1) is 6.65. The molecule has 0 N–H and O–H groups in total. The van der Waals surface area contributed by atoms with Crippen LogP contribution in [0.4, 0.5) is 0 Å². The predicted octanol–water partition coefficient (Wildman–Crippen LogP) is 3.04. The molecule has 4 heteroatoms. The Labute approximate surface area is 94.0 Å². The van der Waals surface area contributed by atoms with E-state index in [1.807, 2.05) is 4.68 Å². The second-order valence-electron chi connectivity index (χ2n) is 4.00. The zero-order valence-electron chi connectivity index (χ0n) is 9.13. The van der Waals surface area contributed by atoms with Crippen molar-refractivity contribution in [2.24, 2.45) is 5.92 Å². The summed E-state index contributed by atoms with van der Waals surface area (Å²) in [6, 6.07) is 0. The van der Waals surface area contributed by atoms with Crippen molar-refractivity contribution in [3.05, 3.63) is 10.3 Å². The third-order valence-corrected chi connectivity index (χ3v) is 2.93. The van der Waals surface area contributed by atoms with E-state index < -0.39 is 0 Å². The van der Waals surface area contributed by atoms with Crippen LogP contribution >= 0.6 is 15.9 Å². The molecule has 0 aliphatic rings. The maximum absolute atomic E-state index is 4.17. The molecule has 1 rings (SSSR count). The fourth-order valence-electron chi connectivity index (χ4n) is 1.30. The fraction of sp³-hybridized carbons (Fsp3) is 0.800. The first-order valence-electron chi connectivity index (χ1n) is 5.23. The summed E-state index contributed by atoms with van der Waals surface area (Å²) in [6.07, 6.45) is 3.33. The minimum Gasteiger partial charge on any atom is -0.238 e. The van der Waals surface area contributed by atoms with Gasteiger partial charge in [-0.1, -0.05) is 32.4 Å². The maximum Gasteiger partial charge on any atom is 0.127 e. The number of halogens is 1. The standard InChI is InChI=1S/C10H18BrN3/c1-4-5-6-14-10(11)9(12-13-14)7-8(2)3/h8H,4-7H2,1-3H3. The molecule has 0 spiro atoms. The molecule has 0 aromatic carbocycles. The second kappa shape index (κ2) is 5.49. The monoisotopic (exact) mass is 259 g/mol.